The van der Waals surface area contributed by atoms with Gasteiger partial charge in [0.25, 0.3) is 0 Å². The predicted molar refractivity (Wildman–Crippen MR) is 115 cm³/mol. The molecular weight excluding hydrogens is 389 g/mol. The standard InChI is InChI=1S/C22H26FN3O2S/c23-18-5-1-2-6-19(18)24-11-13-25(14-12-24)20-9-10-26(16-21(20)27)22(28)8-7-17-4-3-15-29-17/h1-8,15,20-21,27H,9-14,16H2/b8-7+/t20-,21-/m1/s1. The fourth-order valence-corrected chi connectivity index (χ4v) is 4.81. The topological polar surface area (TPSA) is 47.0 Å². The van der Waals surface area contributed by atoms with Crippen LogP contribution in [0.4, 0.5) is 10.1 Å². The minimum atomic E-state index is -0.567. The van der Waals surface area contributed by atoms with Crippen LogP contribution < -0.4 is 4.90 Å². The fraction of sp³-hybridized carbons (Fsp3) is 0.409. The summed E-state index contributed by atoms with van der Waals surface area (Å²) in [6.07, 6.45) is 3.60. The molecule has 0 spiro atoms. The van der Waals surface area contributed by atoms with Crippen molar-refractivity contribution in [3.8, 4) is 0 Å². The van der Waals surface area contributed by atoms with Gasteiger partial charge in [-0.2, -0.15) is 0 Å². The monoisotopic (exact) mass is 415 g/mol. The molecule has 4 rings (SSSR count). The number of amides is 1. The molecule has 1 amide bonds. The van der Waals surface area contributed by atoms with E-state index in [-0.39, 0.29) is 17.8 Å². The Bertz CT molecular complexity index is 850. The first-order valence-electron chi connectivity index (χ1n) is 10.0. The molecule has 0 radical (unpaired) electrons. The summed E-state index contributed by atoms with van der Waals surface area (Å²) < 4.78 is 14.0. The van der Waals surface area contributed by atoms with Crippen LogP contribution in [-0.4, -0.2) is 72.2 Å². The Labute approximate surface area is 174 Å². The minimum Gasteiger partial charge on any atom is -0.390 e. The number of halogens is 1. The minimum absolute atomic E-state index is 0.0445. The number of hydrogen-bond donors (Lipinski definition) is 1. The van der Waals surface area contributed by atoms with Crippen LogP contribution in [0.2, 0.25) is 0 Å². The normalized spacial score (nSPS) is 23.7. The van der Waals surface area contributed by atoms with E-state index in [2.05, 4.69) is 9.80 Å². The highest BCUT2D eigenvalue weighted by molar-refractivity contribution is 7.10. The lowest BCUT2D eigenvalue weighted by atomic mass is 9.99. The van der Waals surface area contributed by atoms with Crippen molar-refractivity contribution in [1.29, 1.82) is 0 Å². The van der Waals surface area contributed by atoms with Crippen LogP contribution in [-0.2, 0) is 4.79 Å². The molecule has 2 saturated heterocycles. The number of aliphatic hydroxyl groups is 1. The van der Waals surface area contributed by atoms with Crippen LogP contribution in [0.5, 0.6) is 0 Å². The quantitative estimate of drug-likeness (QED) is 0.780. The largest absolute Gasteiger partial charge is 0.390 e. The lowest BCUT2D eigenvalue weighted by Gasteiger charge is -2.45. The summed E-state index contributed by atoms with van der Waals surface area (Å²) in [4.78, 5) is 19.5. The maximum atomic E-state index is 14.0. The second kappa shape index (κ2) is 9.07. The third-order valence-corrected chi connectivity index (χ3v) is 6.61. The van der Waals surface area contributed by atoms with Crippen molar-refractivity contribution in [1.82, 2.24) is 9.80 Å². The molecule has 0 bridgehead atoms. The third kappa shape index (κ3) is 4.69. The van der Waals surface area contributed by atoms with Gasteiger partial charge in [-0.25, -0.2) is 4.39 Å². The number of benzene rings is 1. The average Bonchev–Trinajstić information content (AvgIpc) is 3.26. The van der Waals surface area contributed by atoms with Gasteiger partial charge in [-0.1, -0.05) is 18.2 Å². The second-order valence-corrected chi connectivity index (χ2v) is 8.51. The van der Waals surface area contributed by atoms with Crippen molar-refractivity contribution in [3.05, 3.63) is 58.5 Å². The van der Waals surface area contributed by atoms with Crippen LogP contribution in [0.1, 0.15) is 11.3 Å². The van der Waals surface area contributed by atoms with Crippen molar-refractivity contribution >= 4 is 29.0 Å². The molecule has 154 valence electrons. The number of hydrogen-bond acceptors (Lipinski definition) is 5. The van der Waals surface area contributed by atoms with Gasteiger partial charge in [0.05, 0.1) is 11.8 Å². The van der Waals surface area contributed by atoms with E-state index in [1.165, 1.54) is 6.07 Å². The molecule has 2 atom stereocenters. The van der Waals surface area contributed by atoms with E-state index in [4.69, 9.17) is 0 Å². The van der Waals surface area contributed by atoms with Crippen LogP contribution in [0, 0.1) is 5.82 Å². The Hall–Kier alpha value is -2.22. The number of β-amino-alcohol motifs (C(OH)–C–C–N with tert-alkyl or cyclic N) is 1. The van der Waals surface area contributed by atoms with Crippen molar-refractivity contribution < 1.29 is 14.3 Å². The number of para-hydroxylation sites is 1. The number of nitrogens with zero attached hydrogens (tertiary/aromatic N) is 3. The number of carbonyl (C=O) groups excluding carboxylic acids is 1. The Morgan fingerprint density at radius 3 is 2.59 bits per heavy atom. The highest BCUT2D eigenvalue weighted by Gasteiger charge is 2.35. The summed E-state index contributed by atoms with van der Waals surface area (Å²) in [5.74, 6) is -0.247. The molecule has 3 heterocycles. The van der Waals surface area contributed by atoms with Gasteiger partial charge < -0.3 is 14.9 Å². The van der Waals surface area contributed by atoms with Crippen molar-refractivity contribution in [2.45, 2.75) is 18.6 Å². The van der Waals surface area contributed by atoms with Crippen molar-refractivity contribution in [2.24, 2.45) is 0 Å². The van der Waals surface area contributed by atoms with Crippen LogP contribution >= 0.6 is 11.3 Å². The maximum Gasteiger partial charge on any atom is 0.246 e. The van der Waals surface area contributed by atoms with Gasteiger partial charge in [-0.15, -0.1) is 11.3 Å². The summed E-state index contributed by atoms with van der Waals surface area (Å²) in [7, 11) is 0. The molecule has 0 unspecified atom stereocenters. The van der Waals surface area contributed by atoms with Gasteiger partial charge >= 0.3 is 0 Å². The molecule has 2 fully saturated rings. The molecule has 1 aromatic carbocycles. The SMILES string of the molecule is O=C(/C=C/c1cccs1)N1CC[C@@H](N2CCN(c3ccccc3F)CC2)[C@H](O)C1. The van der Waals surface area contributed by atoms with Crippen LogP contribution in [0.25, 0.3) is 6.08 Å². The number of piperazine rings is 1. The summed E-state index contributed by atoms with van der Waals surface area (Å²) >= 11 is 1.59. The zero-order valence-corrected chi connectivity index (χ0v) is 17.1. The lowest BCUT2D eigenvalue weighted by molar-refractivity contribution is -0.131. The molecule has 29 heavy (non-hydrogen) atoms. The van der Waals surface area contributed by atoms with E-state index >= 15 is 0 Å². The van der Waals surface area contributed by atoms with E-state index in [0.717, 1.165) is 37.5 Å². The molecule has 2 aromatic rings. The van der Waals surface area contributed by atoms with Crippen LogP contribution in [0.3, 0.4) is 0 Å². The summed E-state index contributed by atoms with van der Waals surface area (Å²) in [6.45, 7) is 4.02. The highest BCUT2D eigenvalue weighted by Crippen LogP contribution is 2.24. The molecule has 1 N–H and O–H groups in total. The predicted octanol–water partition coefficient (Wildman–Crippen LogP) is 2.68. The summed E-state index contributed by atoms with van der Waals surface area (Å²) in [6, 6.07) is 10.8. The molecule has 0 aliphatic carbocycles. The van der Waals surface area contributed by atoms with E-state index in [9.17, 15) is 14.3 Å². The number of rotatable bonds is 4. The van der Waals surface area contributed by atoms with E-state index in [0.29, 0.717) is 18.8 Å². The first kappa shape index (κ1) is 20.1. The van der Waals surface area contributed by atoms with E-state index in [1.54, 1.807) is 28.4 Å². The van der Waals surface area contributed by atoms with Gasteiger partial charge in [-0.05, 0) is 36.1 Å². The van der Waals surface area contributed by atoms with Crippen LogP contribution in [0.15, 0.2) is 47.9 Å². The number of likely N-dealkylation sites (tertiary alicyclic amines) is 1. The molecule has 1 aromatic heterocycles. The number of aliphatic hydroxyl groups excluding tert-OH is 1. The number of anilines is 1. The molecule has 2 aliphatic heterocycles. The first-order chi connectivity index (χ1) is 14.1. The summed E-state index contributed by atoms with van der Waals surface area (Å²) in [5.41, 5.74) is 0.644. The molecular formula is C22H26FN3O2S. The van der Waals surface area contributed by atoms with Gasteiger partial charge in [-0.3, -0.25) is 9.69 Å². The molecule has 7 heteroatoms. The Balaban J connectivity index is 1.29. The Kier molecular flexibility index (Phi) is 6.28. The Morgan fingerprint density at radius 2 is 1.90 bits per heavy atom. The van der Waals surface area contributed by atoms with Gasteiger partial charge in [0.15, 0.2) is 0 Å². The molecule has 5 nitrogen and oxygen atoms in total. The smallest absolute Gasteiger partial charge is 0.246 e. The zero-order chi connectivity index (χ0) is 20.2. The maximum absolute atomic E-state index is 14.0. The average molecular weight is 416 g/mol. The second-order valence-electron chi connectivity index (χ2n) is 7.53. The number of carbonyl (C=O) groups is 1. The van der Waals surface area contributed by atoms with Gasteiger partial charge in [0.1, 0.15) is 5.82 Å². The van der Waals surface area contributed by atoms with E-state index in [1.807, 2.05) is 35.7 Å². The molecule has 0 saturated carbocycles. The fourth-order valence-electron chi connectivity index (χ4n) is 4.19. The van der Waals surface area contributed by atoms with Gasteiger partial charge in [0.2, 0.25) is 5.91 Å². The molecule has 2 aliphatic rings. The Morgan fingerprint density at radius 1 is 1.10 bits per heavy atom. The van der Waals surface area contributed by atoms with E-state index < -0.39 is 6.10 Å². The zero-order valence-electron chi connectivity index (χ0n) is 16.3. The number of thiophene rings is 1. The summed E-state index contributed by atoms with van der Waals surface area (Å²) in [5, 5.41) is 12.7. The third-order valence-electron chi connectivity index (χ3n) is 5.77. The lowest BCUT2D eigenvalue weighted by Crippen LogP contribution is -2.59. The highest BCUT2D eigenvalue weighted by atomic mass is 32.1. The number of piperidine rings is 1. The van der Waals surface area contributed by atoms with Gasteiger partial charge in [0, 0.05) is 56.3 Å². The van der Waals surface area contributed by atoms with Crippen molar-refractivity contribution in [3.63, 3.8) is 0 Å². The van der Waals surface area contributed by atoms with Crippen molar-refractivity contribution in [2.75, 3.05) is 44.2 Å². The first-order valence-corrected chi connectivity index (χ1v) is 10.9.